The topological polar surface area (TPSA) is 934 Å². The van der Waals surface area contributed by atoms with E-state index in [1.807, 2.05) is 0 Å². The number of hydrogen-bond donors (Lipinski definition) is 21. The molecular weight excluding hydrogens is 1980 g/mol. The summed E-state index contributed by atoms with van der Waals surface area (Å²) < 4.78 is 3.40. The van der Waals surface area contributed by atoms with Gasteiger partial charge in [-0.15, -0.1) is 0 Å². The second-order valence-corrected chi connectivity index (χ2v) is 34.7. The van der Waals surface area contributed by atoms with E-state index in [0.717, 1.165) is 0 Å². The molecule has 14 amide bonds. The summed E-state index contributed by atoms with van der Waals surface area (Å²) in [6.45, 7) is -0.300. The molecule has 7 atom stereocenters. The van der Waals surface area contributed by atoms with E-state index in [2.05, 4.69) is 47.2 Å². The molecule has 61 nitrogen and oxygen atoms in total. The number of primary amides is 7. The highest BCUT2D eigenvalue weighted by Gasteiger charge is 2.34. The first-order valence-corrected chi connectivity index (χ1v) is 46.6. The monoisotopic (exact) mass is 2120 g/mol. The number of carbonyl (C=O) groups is 27. The first-order chi connectivity index (χ1) is 69.7. The molecule has 28 N–H and O–H groups in total. The van der Waals surface area contributed by atoms with E-state index < -0.39 is 256 Å². The number of aliphatic carboxylic acids is 7. The van der Waals surface area contributed by atoms with Gasteiger partial charge in [-0.1, -0.05) is 20.8 Å². The fourth-order valence-corrected chi connectivity index (χ4v) is 13.9. The maximum Gasteiger partial charge on any atom is 0.317 e. The molecule has 0 fully saturated rings. The number of aromatic nitrogens is 4. The molecule has 0 aliphatic carbocycles. The molecule has 61 heteroatoms. The van der Waals surface area contributed by atoms with E-state index in [1.165, 1.54) is 50.5 Å². The lowest BCUT2D eigenvalue weighted by Gasteiger charge is -2.29. The average molecular weight is 2120 g/mol. The minimum absolute atomic E-state index is 0.00489. The second-order valence-electron chi connectivity index (χ2n) is 34.7. The molecule has 2 rings (SSSR count). The summed E-state index contributed by atoms with van der Waals surface area (Å²) in [7, 11) is 7.68. The van der Waals surface area contributed by atoms with Crippen LogP contribution in [0, 0.1) is 17.8 Å². The number of ketones is 6. The lowest BCUT2D eigenvalue weighted by Crippen LogP contribution is -2.52. The highest BCUT2D eigenvalue weighted by molar-refractivity contribution is 5.96. The van der Waals surface area contributed by atoms with Gasteiger partial charge < -0.3 is 122 Å². The molecule has 0 spiro atoms. The van der Waals surface area contributed by atoms with Crippen molar-refractivity contribution in [3.05, 3.63) is 36.4 Å². The van der Waals surface area contributed by atoms with Crippen molar-refractivity contribution in [1.82, 2.24) is 100 Å². The molecule has 0 aliphatic rings. The molecule has 0 aromatic carbocycles. The van der Waals surface area contributed by atoms with Crippen LogP contribution >= 0.6 is 0 Å². The number of imidazole rings is 2. The fraction of sp³-hybridized carbons (Fsp3) is 0.625. The van der Waals surface area contributed by atoms with Crippen molar-refractivity contribution in [2.24, 2.45) is 72.0 Å². The minimum Gasteiger partial charge on any atom is -0.481 e. The maximum absolute atomic E-state index is 13.1. The number of hydrogen-bond acceptors (Lipinski definition) is 38. The Morgan fingerprint density at radius 1 is 0.255 bits per heavy atom. The van der Waals surface area contributed by atoms with Crippen LogP contribution in [0.1, 0.15) is 103 Å². The summed E-state index contributed by atoms with van der Waals surface area (Å²) in [5.41, 5.74) is 38.3. The first-order valence-electron chi connectivity index (χ1n) is 46.6. The average Bonchev–Trinajstić information content (AvgIpc) is 1.68. The number of carboxylic acids is 7. The molecule has 2 aromatic heterocycles. The van der Waals surface area contributed by atoms with Crippen LogP contribution in [-0.2, 0) is 156 Å². The highest BCUT2D eigenvalue weighted by Crippen LogP contribution is 2.16. The summed E-state index contributed by atoms with van der Waals surface area (Å²) in [6.07, 6.45) is 2.28. The number of amides is 14. The molecule has 0 saturated carbocycles. The summed E-state index contributed by atoms with van der Waals surface area (Å²) in [5, 5.41) is 80.6. The Morgan fingerprint density at radius 3 is 0.671 bits per heavy atom. The van der Waals surface area contributed by atoms with E-state index in [4.69, 9.17) is 65.7 Å². The minimum atomic E-state index is -1.58. The van der Waals surface area contributed by atoms with Gasteiger partial charge in [0.05, 0.1) is 172 Å². The van der Waals surface area contributed by atoms with Crippen molar-refractivity contribution in [2.75, 3.05) is 198 Å². The number of Topliss-reactive ketones (excluding diaryl/α,β-unsaturated/α-hetero) is 6. The molecule has 149 heavy (non-hydrogen) atoms. The van der Waals surface area contributed by atoms with Crippen molar-refractivity contribution in [3.63, 3.8) is 0 Å². The molecule has 0 saturated heterocycles. The molecule has 7 unspecified atom stereocenters. The number of nitrogens with zero attached hydrogens (tertiary/aromatic N) is 13. The Labute approximate surface area is 856 Å². The lowest BCUT2D eigenvalue weighted by molar-refractivity contribution is -0.141. The number of carbonyl (C=O) groups excluding carboxylic acids is 20. The van der Waals surface area contributed by atoms with Crippen LogP contribution in [0.2, 0.25) is 0 Å². The number of aryl methyl sites for hydroxylation is 2. The Morgan fingerprint density at radius 2 is 0.463 bits per heavy atom. The standard InChI is InChI=1S/C32H51N11O8.C30H49N9O14.C26H43N7O12/c1-5-25(44)15-42(18-29(47)38-27(32(34)51)12-24-14-40(4)21-37-24)8-6-41(19-30(48)49)7-9-43(17-28(46)35-2)16-26(45)11-22(31(33)50)10-23-13-39(3)20-36-23;1-3-18(40)12-38(16-24(44)36-21(30(33)53)11-27(49)50)6-4-37(15-23(43)35-20(29(32)52)10-26(47)48)5-7-39(14-22(42)34-2)13-19(41)8-17(28(31)51)9-25(45)46;1-3-17(34)11-32(14-21(37)30-19(26(28)45)10-23(40)41)6-4-31(15-24(42)43)5-7-33(13-20(36)29-2)12-18(35)8-16(25(27)44)9-22(38)39/h13-14,20-22,27H,5-12,15-19H2,1-4H3,(H2,33,50)(H2,34,51)(H,35,46)(H,38,47)(H,48,49);17,20-21H,3-16H2,1-2H3,(H2,31,51)(H2,32,52)(H2,33,53)(H,34,42)(H,35,43)(H,36,44)(H,45,46)(H,47,48)(H,49,50);16,19H,3-15H2,1-2H3,(H2,27,44)(H2,28,45)(H,29,36)(H,30,37)(H,38,39)(H,40,41)(H,42,43). The summed E-state index contributed by atoms with van der Waals surface area (Å²) in [5.74, 6) is -26.0. The van der Waals surface area contributed by atoms with Gasteiger partial charge in [0.25, 0.3) is 0 Å². The second kappa shape index (κ2) is 72.3. The normalized spacial score (nSPS) is 12.5. The van der Waals surface area contributed by atoms with Crippen LogP contribution in [0.15, 0.2) is 25.0 Å². The van der Waals surface area contributed by atoms with E-state index in [9.17, 15) is 140 Å². The number of nitrogens with two attached hydrogens (primary N) is 7. The molecular formula is C88H143N27O34. The smallest absolute Gasteiger partial charge is 0.317 e. The van der Waals surface area contributed by atoms with Crippen molar-refractivity contribution >= 4 is 159 Å². The zero-order valence-corrected chi connectivity index (χ0v) is 84.6. The van der Waals surface area contributed by atoms with Gasteiger partial charge in [0, 0.05) is 178 Å². The van der Waals surface area contributed by atoms with Crippen LogP contribution in [-0.4, -0.2) is 480 Å². The number of nitrogens with one attached hydrogen (secondary N) is 7. The van der Waals surface area contributed by atoms with Gasteiger partial charge in [-0.3, -0.25) is 174 Å². The van der Waals surface area contributed by atoms with Gasteiger partial charge >= 0.3 is 41.8 Å². The number of carboxylic acid groups (broad SMARTS) is 7. The van der Waals surface area contributed by atoms with Gasteiger partial charge in [0.2, 0.25) is 82.7 Å². The maximum atomic E-state index is 13.1. The Kier molecular flexibility index (Phi) is 65.0. The van der Waals surface area contributed by atoms with Crippen LogP contribution in [0.25, 0.3) is 0 Å². The van der Waals surface area contributed by atoms with Gasteiger partial charge in [-0.25, -0.2) is 9.97 Å². The van der Waals surface area contributed by atoms with Crippen LogP contribution < -0.4 is 77.4 Å². The third-order valence-electron chi connectivity index (χ3n) is 21.8. The Balaban J connectivity index is 0.00000221. The summed E-state index contributed by atoms with van der Waals surface area (Å²) in [6, 6.07) is -5.66. The molecule has 2 heterocycles. The zero-order chi connectivity index (χ0) is 114. The van der Waals surface area contributed by atoms with Crippen molar-refractivity contribution in [2.45, 2.75) is 128 Å². The molecule has 0 radical (unpaired) electrons. The molecule has 2 aromatic rings. The predicted molar refractivity (Wildman–Crippen MR) is 518 cm³/mol. The highest BCUT2D eigenvalue weighted by atomic mass is 16.4. The largest absolute Gasteiger partial charge is 0.481 e. The molecule has 0 aliphatic heterocycles. The quantitative estimate of drug-likeness (QED) is 0.0292. The lowest BCUT2D eigenvalue weighted by atomic mass is 9.96. The van der Waals surface area contributed by atoms with E-state index in [-0.39, 0.29) is 205 Å². The summed E-state index contributed by atoms with van der Waals surface area (Å²) >= 11 is 0. The van der Waals surface area contributed by atoms with Crippen molar-refractivity contribution in [3.8, 4) is 0 Å². The predicted octanol–water partition coefficient (Wildman–Crippen LogP) is -13.6. The molecule has 0 bridgehead atoms. The Bertz CT molecular complexity index is 4660. The Hall–Kier alpha value is -15.0. The van der Waals surface area contributed by atoms with E-state index in [1.54, 1.807) is 83.7 Å². The van der Waals surface area contributed by atoms with Gasteiger partial charge in [0.15, 0.2) is 0 Å². The molecule has 834 valence electrons. The van der Waals surface area contributed by atoms with Crippen molar-refractivity contribution in [1.29, 1.82) is 0 Å². The number of rotatable bonds is 82. The first kappa shape index (κ1) is 134. The van der Waals surface area contributed by atoms with Crippen LogP contribution in [0.5, 0.6) is 0 Å². The fourth-order valence-electron chi connectivity index (χ4n) is 13.9. The summed E-state index contributed by atoms with van der Waals surface area (Å²) in [4.78, 5) is 346. The van der Waals surface area contributed by atoms with Crippen LogP contribution in [0.4, 0.5) is 0 Å². The van der Waals surface area contributed by atoms with E-state index >= 15 is 0 Å². The number of likely N-dealkylation sites (N-methyl/N-ethyl adjacent to an activating group) is 3. The SMILES string of the molecule is CCC(=O)CN(CCN(CCN(CC(=O)CC(CC(=O)O)C(N)=O)CC(=O)NC)CC(=O)NC(CC(=O)O)C(N)=O)CC(=O)NC(CC(=O)O)C(N)=O.CCC(=O)CN(CCN(CCN(CC(=O)CC(CC(=O)O)C(N)=O)CC(=O)NC)CC(=O)O)CC(=O)NC(CC(=O)O)C(N)=O.CCC(=O)CN(CCN(CCN(CC(=O)CC(Cc1cn(C)cn1)C(N)=O)CC(=O)NC)CC(=O)O)CC(=O)NC(Cc1cn(C)cn1)C(N)=O. The van der Waals surface area contributed by atoms with E-state index in [0.29, 0.717) is 11.4 Å². The zero-order valence-electron chi connectivity index (χ0n) is 84.6. The van der Waals surface area contributed by atoms with Gasteiger partial charge in [0.1, 0.15) is 58.9 Å². The van der Waals surface area contributed by atoms with Crippen LogP contribution in [0.3, 0.4) is 0 Å². The van der Waals surface area contributed by atoms with Gasteiger partial charge in [-0.2, -0.15) is 0 Å². The van der Waals surface area contributed by atoms with Crippen molar-refractivity contribution < 1.29 is 165 Å². The third-order valence-corrected chi connectivity index (χ3v) is 21.8. The third kappa shape index (κ3) is 63.9. The van der Waals surface area contributed by atoms with Gasteiger partial charge in [-0.05, 0) is 0 Å².